The fourth-order valence-corrected chi connectivity index (χ4v) is 2.88. The fourth-order valence-electron chi connectivity index (χ4n) is 2.73. The van der Waals surface area contributed by atoms with Crippen molar-refractivity contribution >= 4 is 30.9 Å². The minimum atomic E-state index is -4.47. The first-order valence-corrected chi connectivity index (χ1v) is 11.0. The van der Waals surface area contributed by atoms with Crippen molar-refractivity contribution in [1.29, 1.82) is 0 Å². The Labute approximate surface area is 228 Å². The molecule has 40 heavy (non-hydrogen) atoms. The summed E-state index contributed by atoms with van der Waals surface area (Å²) >= 11 is 5.34. The first kappa shape index (κ1) is 32.0. The number of nitrogens with zero attached hydrogens (tertiary/aromatic N) is 6. The highest BCUT2D eigenvalue weighted by Gasteiger charge is 2.34. The Kier molecular flexibility index (Phi) is 11.0. The lowest BCUT2D eigenvalue weighted by Gasteiger charge is -2.10. The van der Waals surface area contributed by atoms with Crippen LogP contribution in [0.5, 0.6) is 5.75 Å². The molecule has 0 spiro atoms. The van der Waals surface area contributed by atoms with Crippen LogP contribution in [0.25, 0.3) is 11.4 Å². The third-order valence-electron chi connectivity index (χ3n) is 4.53. The molecule has 0 aliphatic carbocycles. The van der Waals surface area contributed by atoms with Crippen LogP contribution in [0, 0.1) is 13.8 Å². The van der Waals surface area contributed by atoms with Crippen LogP contribution in [-0.4, -0.2) is 42.6 Å². The Morgan fingerprint density at radius 3 is 1.80 bits per heavy atom. The number of halogens is 7. The first-order chi connectivity index (χ1) is 18.6. The number of rotatable bonds is 3. The zero-order valence-corrected chi connectivity index (χ0v) is 21.3. The van der Waals surface area contributed by atoms with Gasteiger partial charge in [-0.15, -0.1) is 0 Å². The van der Waals surface area contributed by atoms with Crippen LogP contribution in [0.1, 0.15) is 22.5 Å². The van der Waals surface area contributed by atoms with Gasteiger partial charge in [0, 0.05) is 35.5 Å². The van der Waals surface area contributed by atoms with E-state index in [0.717, 1.165) is 18.3 Å². The number of anilines is 2. The lowest BCUT2D eigenvalue weighted by Crippen LogP contribution is -2.10. The molecule has 0 atom stereocenters. The first-order valence-electron chi connectivity index (χ1n) is 10.6. The van der Waals surface area contributed by atoms with Crippen molar-refractivity contribution in [2.45, 2.75) is 26.2 Å². The number of alkyl halides is 6. The van der Waals surface area contributed by atoms with Gasteiger partial charge in [0.05, 0.1) is 17.3 Å². The smallest absolute Gasteiger partial charge is 0.536 e. The molecule has 10 nitrogen and oxygen atoms in total. The standard InChI is InChI=1S/C11H9F3N4.C7H6BF3NO2.C4H4ClN3/c1-6-8(11(12,13)14)4-7(5-17-6)10-16-3-2-9(15)18-10;1-4-6(7(9,10)11)2-5(3-12-4)14-8-13;5-4-7-2-1-3(6)8-4/h2-5H,1H3,(H2,15,16,18);2-3,13H,1H3;1-2H,(H2,6,7,8). The summed E-state index contributed by atoms with van der Waals surface area (Å²) in [6.45, 7) is 2.54. The van der Waals surface area contributed by atoms with Gasteiger partial charge in [-0.25, -0.2) is 19.9 Å². The quantitative estimate of drug-likeness (QED) is 0.177. The summed E-state index contributed by atoms with van der Waals surface area (Å²) < 4.78 is 79.4. The molecule has 1 radical (unpaired) electrons. The molecule has 0 saturated carbocycles. The number of nitrogen functional groups attached to an aromatic ring is 2. The van der Waals surface area contributed by atoms with E-state index in [0.29, 0.717) is 13.5 Å². The summed E-state index contributed by atoms with van der Waals surface area (Å²) in [5.41, 5.74) is 8.96. The van der Waals surface area contributed by atoms with Crippen LogP contribution in [0.15, 0.2) is 49.1 Å². The van der Waals surface area contributed by atoms with Crippen molar-refractivity contribution in [2.75, 3.05) is 11.5 Å². The molecule has 4 heterocycles. The van der Waals surface area contributed by atoms with E-state index >= 15 is 0 Å². The van der Waals surface area contributed by atoms with Gasteiger partial charge in [-0.05, 0) is 49.7 Å². The number of nitrogens with two attached hydrogens (primary N) is 2. The lowest BCUT2D eigenvalue weighted by molar-refractivity contribution is -0.139. The van der Waals surface area contributed by atoms with Crippen LogP contribution in [0.4, 0.5) is 38.0 Å². The van der Waals surface area contributed by atoms with Gasteiger partial charge in [0.1, 0.15) is 17.4 Å². The molecule has 0 aromatic carbocycles. The van der Waals surface area contributed by atoms with Crippen molar-refractivity contribution in [3.8, 4) is 17.1 Å². The summed E-state index contributed by atoms with van der Waals surface area (Å²) in [5.74, 6) is 0.539. The Morgan fingerprint density at radius 2 is 1.32 bits per heavy atom. The molecule has 5 N–H and O–H groups in total. The Bertz CT molecular complexity index is 1410. The van der Waals surface area contributed by atoms with Gasteiger partial charge in [-0.1, -0.05) is 0 Å². The second-order valence-electron chi connectivity index (χ2n) is 7.44. The molecule has 0 amide bonds. The molecule has 0 saturated heterocycles. The second kappa shape index (κ2) is 13.7. The normalized spacial score (nSPS) is 10.9. The highest BCUT2D eigenvalue weighted by atomic mass is 35.5. The van der Waals surface area contributed by atoms with E-state index in [1.807, 2.05) is 0 Å². The van der Waals surface area contributed by atoms with E-state index in [9.17, 15) is 26.3 Å². The summed E-state index contributed by atoms with van der Waals surface area (Å²) in [7, 11) is 0.298. The zero-order valence-electron chi connectivity index (χ0n) is 20.5. The third kappa shape index (κ3) is 9.81. The van der Waals surface area contributed by atoms with Crippen molar-refractivity contribution in [1.82, 2.24) is 29.9 Å². The number of aryl methyl sites for hydroxylation is 2. The lowest BCUT2D eigenvalue weighted by atomic mass is 10.1. The summed E-state index contributed by atoms with van der Waals surface area (Å²) in [6, 6.07) is 4.77. The van der Waals surface area contributed by atoms with Gasteiger partial charge >= 0.3 is 20.0 Å². The largest absolute Gasteiger partial charge is 0.569 e. The SMILES string of the molecule is Cc1ncc(-c2nccc(N)n2)cc1C(F)(F)F.Cc1ncc(O[B]O)cc1C(F)(F)F.Nc1ccnc(Cl)n1. The molecule has 0 aliphatic rings. The number of aromatic nitrogens is 6. The predicted octanol–water partition coefficient (Wildman–Crippen LogP) is 4.47. The van der Waals surface area contributed by atoms with E-state index in [-0.39, 0.29) is 39.6 Å². The molecule has 0 aliphatic heterocycles. The van der Waals surface area contributed by atoms with Crippen LogP contribution < -0.4 is 16.1 Å². The maximum atomic E-state index is 12.7. The van der Waals surface area contributed by atoms with Gasteiger partial charge in [0.25, 0.3) is 0 Å². The van der Waals surface area contributed by atoms with Crippen LogP contribution in [0.3, 0.4) is 0 Å². The Balaban J connectivity index is 0.000000226. The van der Waals surface area contributed by atoms with Gasteiger partial charge in [-0.3, -0.25) is 9.97 Å². The van der Waals surface area contributed by atoms with Crippen molar-refractivity contribution in [2.24, 2.45) is 0 Å². The summed E-state index contributed by atoms with van der Waals surface area (Å²) in [5, 5.41) is 8.41. The molecule has 4 rings (SSSR count). The summed E-state index contributed by atoms with van der Waals surface area (Å²) in [6.07, 6.45) is -3.65. The maximum absolute atomic E-state index is 12.7. The zero-order chi connectivity index (χ0) is 30.1. The number of hydrogen-bond acceptors (Lipinski definition) is 10. The molecule has 0 bridgehead atoms. The minimum absolute atomic E-state index is 0.0878. The van der Waals surface area contributed by atoms with Gasteiger partial charge < -0.3 is 21.1 Å². The highest BCUT2D eigenvalue weighted by Crippen LogP contribution is 2.34. The molecule has 4 aromatic heterocycles. The van der Waals surface area contributed by atoms with Gasteiger partial charge in [0.2, 0.25) is 5.28 Å². The molecule has 4 aromatic rings. The minimum Gasteiger partial charge on any atom is -0.536 e. The molecular weight excluding hydrogens is 569 g/mol. The summed E-state index contributed by atoms with van der Waals surface area (Å²) in [4.78, 5) is 22.1. The molecule has 18 heteroatoms. The highest BCUT2D eigenvalue weighted by molar-refractivity contribution is 6.28. The topological polar surface area (TPSA) is 159 Å². The second-order valence-corrected chi connectivity index (χ2v) is 7.77. The monoisotopic (exact) mass is 587 g/mol. The molecule has 0 fully saturated rings. The maximum Gasteiger partial charge on any atom is 0.569 e. The third-order valence-corrected chi connectivity index (χ3v) is 4.71. The van der Waals surface area contributed by atoms with Gasteiger partial charge in [-0.2, -0.15) is 26.3 Å². The number of pyridine rings is 2. The van der Waals surface area contributed by atoms with E-state index in [1.165, 1.54) is 38.5 Å². The van der Waals surface area contributed by atoms with Gasteiger partial charge in [0.15, 0.2) is 5.82 Å². The fraction of sp³-hybridized carbons (Fsp3) is 0.182. The van der Waals surface area contributed by atoms with E-state index in [1.54, 1.807) is 6.07 Å². The van der Waals surface area contributed by atoms with E-state index in [2.05, 4.69) is 34.6 Å². The molecular formula is C22H19BClF6N8O2. The molecule has 0 unspecified atom stereocenters. The Hall–Kier alpha value is -4.25. The number of hydrogen-bond donors (Lipinski definition) is 3. The van der Waals surface area contributed by atoms with E-state index < -0.39 is 23.5 Å². The Morgan fingerprint density at radius 1 is 0.800 bits per heavy atom. The molecule has 211 valence electrons. The van der Waals surface area contributed by atoms with Crippen molar-refractivity contribution in [3.05, 3.63) is 76.9 Å². The average Bonchev–Trinajstić information content (AvgIpc) is 2.85. The van der Waals surface area contributed by atoms with Crippen LogP contribution in [-0.2, 0) is 12.4 Å². The van der Waals surface area contributed by atoms with Crippen molar-refractivity contribution < 1.29 is 36.0 Å². The van der Waals surface area contributed by atoms with Crippen molar-refractivity contribution in [3.63, 3.8) is 0 Å². The van der Waals surface area contributed by atoms with Crippen LogP contribution >= 0.6 is 11.6 Å². The average molecular weight is 588 g/mol. The van der Waals surface area contributed by atoms with Crippen LogP contribution in [0.2, 0.25) is 5.28 Å². The predicted molar refractivity (Wildman–Crippen MR) is 133 cm³/mol. The van der Waals surface area contributed by atoms with E-state index in [4.69, 9.17) is 28.1 Å².